The van der Waals surface area contributed by atoms with Crippen LogP contribution in [0.15, 0.2) is 23.1 Å². The van der Waals surface area contributed by atoms with Gasteiger partial charge in [-0.05, 0) is 31.0 Å². The highest BCUT2D eigenvalue weighted by molar-refractivity contribution is 7.89. The summed E-state index contributed by atoms with van der Waals surface area (Å²) in [4.78, 5) is -0.0619. The van der Waals surface area contributed by atoms with Crippen molar-refractivity contribution in [3.63, 3.8) is 0 Å². The second-order valence-electron chi connectivity index (χ2n) is 3.58. The van der Waals surface area contributed by atoms with E-state index in [-0.39, 0.29) is 10.6 Å². The first kappa shape index (κ1) is 13.0. The smallest absolute Gasteiger partial charge is 0.241 e. The molecule has 0 radical (unpaired) electrons. The van der Waals surface area contributed by atoms with Crippen molar-refractivity contribution < 1.29 is 18.3 Å². The lowest BCUT2D eigenvalue weighted by Crippen LogP contribution is -2.14. The molecule has 5 nitrogen and oxygen atoms in total. The molecule has 0 saturated carbocycles. The van der Waals surface area contributed by atoms with Gasteiger partial charge < -0.3 is 9.84 Å². The average molecular weight is 245 g/mol. The molecule has 0 fully saturated rings. The number of rotatable bonds is 4. The van der Waals surface area contributed by atoms with Crippen molar-refractivity contribution in [3.05, 3.63) is 23.8 Å². The molecule has 1 rings (SSSR count). The molecule has 0 bridgehead atoms. The first-order valence-electron chi connectivity index (χ1n) is 4.72. The monoisotopic (exact) mass is 245 g/mol. The Morgan fingerprint density at radius 2 is 2.12 bits per heavy atom. The van der Waals surface area contributed by atoms with Crippen LogP contribution in [0.4, 0.5) is 0 Å². The van der Waals surface area contributed by atoms with Crippen LogP contribution in [0, 0.1) is 0 Å². The molecule has 0 amide bonds. The standard InChI is InChI=1S/C10H15NO4S/c1-7(12)5-8-3-4-9(15-2)10(6-8)16(11,13)14/h3-4,6-7,12H,5H2,1-2H3,(H2,11,13,14)/t7-/m0/s1. The summed E-state index contributed by atoms with van der Waals surface area (Å²) in [5.74, 6) is 0.205. The van der Waals surface area contributed by atoms with Gasteiger partial charge in [0, 0.05) is 0 Å². The van der Waals surface area contributed by atoms with E-state index in [9.17, 15) is 13.5 Å². The van der Waals surface area contributed by atoms with Crippen LogP contribution in [0.5, 0.6) is 5.75 Å². The van der Waals surface area contributed by atoms with E-state index in [1.54, 1.807) is 13.0 Å². The Morgan fingerprint density at radius 1 is 1.50 bits per heavy atom. The van der Waals surface area contributed by atoms with Crippen molar-refractivity contribution >= 4 is 10.0 Å². The van der Waals surface area contributed by atoms with Crippen molar-refractivity contribution in [2.45, 2.75) is 24.3 Å². The van der Waals surface area contributed by atoms with Crippen LogP contribution in [0.3, 0.4) is 0 Å². The molecule has 3 N–H and O–H groups in total. The van der Waals surface area contributed by atoms with Crippen LogP contribution >= 0.6 is 0 Å². The third-order valence-electron chi connectivity index (χ3n) is 2.07. The Labute approximate surface area is 94.9 Å². The van der Waals surface area contributed by atoms with Crippen LogP contribution in [0.25, 0.3) is 0 Å². The van der Waals surface area contributed by atoms with Crippen molar-refractivity contribution in [3.8, 4) is 5.75 Å². The maximum Gasteiger partial charge on any atom is 0.241 e. The number of primary sulfonamides is 1. The van der Waals surface area contributed by atoms with Gasteiger partial charge in [0.2, 0.25) is 10.0 Å². The minimum absolute atomic E-state index is 0.0619. The molecule has 0 aliphatic carbocycles. The summed E-state index contributed by atoms with van der Waals surface area (Å²) in [5.41, 5.74) is 0.694. The van der Waals surface area contributed by atoms with E-state index in [0.717, 1.165) is 0 Å². The van der Waals surface area contributed by atoms with Gasteiger partial charge in [-0.15, -0.1) is 0 Å². The Balaban J connectivity index is 3.22. The lowest BCUT2D eigenvalue weighted by molar-refractivity contribution is 0.195. The van der Waals surface area contributed by atoms with Crippen molar-refractivity contribution in [1.82, 2.24) is 0 Å². The molecule has 6 heteroatoms. The van der Waals surface area contributed by atoms with Crippen molar-refractivity contribution in [1.29, 1.82) is 0 Å². The number of nitrogens with two attached hydrogens (primary N) is 1. The second kappa shape index (κ2) is 4.82. The molecule has 0 aromatic heterocycles. The first-order chi connectivity index (χ1) is 7.34. The van der Waals surface area contributed by atoms with E-state index in [4.69, 9.17) is 9.88 Å². The average Bonchev–Trinajstić information content (AvgIpc) is 2.15. The molecule has 1 aromatic rings. The van der Waals surface area contributed by atoms with Crippen LogP contribution in [-0.4, -0.2) is 26.7 Å². The number of aliphatic hydroxyl groups is 1. The van der Waals surface area contributed by atoms with Crippen LogP contribution in [0.2, 0.25) is 0 Å². The zero-order valence-corrected chi connectivity index (χ0v) is 9.99. The topological polar surface area (TPSA) is 89.6 Å². The van der Waals surface area contributed by atoms with Gasteiger partial charge >= 0.3 is 0 Å². The molecule has 0 aliphatic heterocycles. The molecule has 0 unspecified atom stereocenters. The Bertz CT molecular complexity index is 468. The number of sulfonamides is 1. The molecule has 0 saturated heterocycles. The van der Waals surface area contributed by atoms with Gasteiger partial charge in [0.05, 0.1) is 13.2 Å². The van der Waals surface area contributed by atoms with Crippen LogP contribution in [-0.2, 0) is 16.4 Å². The Morgan fingerprint density at radius 3 is 2.56 bits per heavy atom. The highest BCUT2D eigenvalue weighted by Crippen LogP contribution is 2.24. The van der Waals surface area contributed by atoms with Gasteiger partial charge in [-0.3, -0.25) is 0 Å². The quantitative estimate of drug-likeness (QED) is 0.796. The van der Waals surface area contributed by atoms with E-state index in [1.165, 1.54) is 19.2 Å². The third kappa shape index (κ3) is 3.19. The third-order valence-corrected chi connectivity index (χ3v) is 3.00. The fraction of sp³-hybridized carbons (Fsp3) is 0.400. The Kier molecular flexibility index (Phi) is 3.90. The molecular weight excluding hydrogens is 230 g/mol. The molecule has 0 heterocycles. The minimum Gasteiger partial charge on any atom is -0.495 e. The summed E-state index contributed by atoms with van der Waals surface area (Å²) >= 11 is 0. The van der Waals surface area contributed by atoms with Crippen LogP contribution < -0.4 is 9.88 Å². The lowest BCUT2D eigenvalue weighted by atomic mass is 10.1. The maximum absolute atomic E-state index is 11.3. The van der Waals surface area contributed by atoms with E-state index < -0.39 is 16.1 Å². The van der Waals surface area contributed by atoms with Gasteiger partial charge in [0.15, 0.2) is 0 Å². The summed E-state index contributed by atoms with van der Waals surface area (Å²) in [6.45, 7) is 1.63. The van der Waals surface area contributed by atoms with Crippen molar-refractivity contribution in [2.24, 2.45) is 5.14 Å². The molecule has 1 atom stereocenters. The number of methoxy groups -OCH3 is 1. The molecule has 16 heavy (non-hydrogen) atoms. The number of hydrogen-bond acceptors (Lipinski definition) is 4. The first-order valence-corrected chi connectivity index (χ1v) is 6.27. The summed E-state index contributed by atoms with van der Waals surface area (Å²) in [7, 11) is -2.44. The normalized spacial score (nSPS) is 13.5. The van der Waals surface area contributed by atoms with Gasteiger partial charge in [-0.2, -0.15) is 0 Å². The van der Waals surface area contributed by atoms with Gasteiger partial charge in [0.25, 0.3) is 0 Å². The number of benzene rings is 1. The van der Waals surface area contributed by atoms with E-state index in [0.29, 0.717) is 12.0 Å². The predicted octanol–water partition coefficient (Wildman–Crippen LogP) is 0.266. The largest absolute Gasteiger partial charge is 0.495 e. The maximum atomic E-state index is 11.3. The molecule has 1 aromatic carbocycles. The molecule has 0 spiro atoms. The minimum atomic E-state index is -3.81. The molecular formula is C10H15NO4S. The fourth-order valence-corrected chi connectivity index (χ4v) is 2.16. The van der Waals surface area contributed by atoms with E-state index in [2.05, 4.69) is 0 Å². The zero-order chi connectivity index (χ0) is 12.3. The highest BCUT2D eigenvalue weighted by Gasteiger charge is 2.15. The van der Waals surface area contributed by atoms with Gasteiger partial charge in [-0.25, -0.2) is 13.6 Å². The number of hydrogen-bond donors (Lipinski definition) is 2. The summed E-state index contributed by atoms with van der Waals surface area (Å²) in [6.07, 6.45) is -0.172. The van der Waals surface area contributed by atoms with E-state index >= 15 is 0 Å². The van der Waals surface area contributed by atoms with Gasteiger partial charge in [0.1, 0.15) is 10.6 Å². The van der Waals surface area contributed by atoms with Crippen LogP contribution in [0.1, 0.15) is 12.5 Å². The highest BCUT2D eigenvalue weighted by atomic mass is 32.2. The molecule has 0 aliphatic rings. The Hall–Kier alpha value is -1.11. The van der Waals surface area contributed by atoms with E-state index in [1.807, 2.05) is 0 Å². The number of ether oxygens (including phenoxy) is 1. The van der Waals surface area contributed by atoms with Gasteiger partial charge in [-0.1, -0.05) is 6.07 Å². The molecule has 90 valence electrons. The fourth-order valence-electron chi connectivity index (χ4n) is 1.41. The number of aliphatic hydroxyl groups excluding tert-OH is 1. The second-order valence-corrected chi connectivity index (χ2v) is 5.11. The summed E-state index contributed by atoms with van der Waals surface area (Å²) in [6, 6.07) is 4.64. The SMILES string of the molecule is COc1ccc(C[C@H](C)O)cc1S(N)(=O)=O. The predicted molar refractivity (Wildman–Crippen MR) is 59.8 cm³/mol. The zero-order valence-electron chi connectivity index (χ0n) is 9.17. The summed E-state index contributed by atoms with van der Waals surface area (Å²) < 4.78 is 27.5. The van der Waals surface area contributed by atoms with Crippen molar-refractivity contribution in [2.75, 3.05) is 7.11 Å². The summed E-state index contributed by atoms with van der Waals surface area (Å²) in [5, 5.41) is 14.3. The lowest BCUT2D eigenvalue weighted by Gasteiger charge is -2.10.